The summed E-state index contributed by atoms with van der Waals surface area (Å²) in [4.78, 5) is 26.5. The van der Waals surface area contributed by atoms with Crippen LogP contribution in [-0.4, -0.2) is 32.1 Å². The molecule has 148 valence electrons. The van der Waals surface area contributed by atoms with E-state index in [1.165, 1.54) is 25.3 Å². The summed E-state index contributed by atoms with van der Waals surface area (Å²) in [5.74, 6) is -1.11. The van der Waals surface area contributed by atoms with Gasteiger partial charge in [-0.15, -0.1) is 0 Å². The van der Waals surface area contributed by atoms with Gasteiger partial charge in [0.25, 0.3) is 0 Å². The number of amides is 2. The van der Waals surface area contributed by atoms with Crippen molar-refractivity contribution in [2.45, 2.75) is 20.0 Å². The third kappa shape index (κ3) is 4.39. The molecule has 0 aliphatic carbocycles. The predicted molar refractivity (Wildman–Crippen MR) is 99.9 cm³/mol. The number of rotatable bonds is 6. The molecule has 1 aliphatic heterocycles. The van der Waals surface area contributed by atoms with Crippen LogP contribution in [0.15, 0.2) is 42.5 Å². The van der Waals surface area contributed by atoms with Crippen molar-refractivity contribution >= 4 is 23.2 Å². The monoisotopic (exact) mass is 390 g/mol. The molecule has 28 heavy (non-hydrogen) atoms. The molecule has 0 saturated carbocycles. The van der Waals surface area contributed by atoms with Crippen LogP contribution in [0.25, 0.3) is 0 Å². The van der Waals surface area contributed by atoms with E-state index >= 15 is 0 Å². The van der Waals surface area contributed by atoms with Gasteiger partial charge in [-0.25, -0.2) is 0 Å². The number of carbonyl (C=O) groups excluding carboxylic acids is 2. The summed E-state index contributed by atoms with van der Waals surface area (Å²) in [6.07, 6.45) is 0.0796. The second-order valence-electron chi connectivity index (χ2n) is 6.47. The third-order valence-corrected chi connectivity index (χ3v) is 4.49. The number of methoxy groups -OCH3 is 1. The smallest absolute Gasteiger partial charge is 0.387 e. The fraction of sp³-hybridized carbons (Fsp3) is 0.300. The fourth-order valence-electron chi connectivity index (χ4n) is 3.04. The third-order valence-electron chi connectivity index (χ3n) is 4.49. The zero-order chi connectivity index (χ0) is 20.3. The number of carbonyl (C=O) groups is 2. The molecule has 2 aromatic carbocycles. The van der Waals surface area contributed by atoms with Crippen molar-refractivity contribution in [3.63, 3.8) is 0 Å². The lowest BCUT2D eigenvalue weighted by Gasteiger charge is -2.17. The number of alkyl halides is 2. The van der Waals surface area contributed by atoms with Gasteiger partial charge in [-0.1, -0.05) is 17.7 Å². The van der Waals surface area contributed by atoms with Gasteiger partial charge in [0.1, 0.15) is 0 Å². The fourth-order valence-corrected chi connectivity index (χ4v) is 3.04. The minimum atomic E-state index is -3.02. The van der Waals surface area contributed by atoms with Crippen LogP contribution < -0.4 is 19.7 Å². The number of ether oxygens (including phenoxy) is 2. The zero-order valence-electron chi connectivity index (χ0n) is 15.4. The molecule has 0 bridgehead atoms. The van der Waals surface area contributed by atoms with E-state index in [-0.39, 0.29) is 42.0 Å². The SMILES string of the molecule is COc1ccc(NC(=O)C2CC(=O)N(c3ccc(C)cc3)C2)cc1OC(F)F. The van der Waals surface area contributed by atoms with Crippen molar-refractivity contribution in [1.29, 1.82) is 0 Å². The maximum Gasteiger partial charge on any atom is 0.387 e. The summed E-state index contributed by atoms with van der Waals surface area (Å²) in [7, 11) is 1.33. The average Bonchev–Trinajstić information content (AvgIpc) is 3.04. The molecular weight excluding hydrogens is 370 g/mol. The van der Waals surface area contributed by atoms with E-state index in [9.17, 15) is 18.4 Å². The summed E-state index contributed by atoms with van der Waals surface area (Å²) < 4.78 is 34.5. The van der Waals surface area contributed by atoms with Crippen LogP contribution in [0.2, 0.25) is 0 Å². The van der Waals surface area contributed by atoms with Crippen LogP contribution in [0.3, 0.4) is 0 Å². The Kier molecular flexibility index (Phi) is 5.77. The second-order valence-corrected chi connectivity index (χ2v) is 6.47. The maximum absolute atomic E-state index is 12.6. The van der Waals surface area contributed by atoms with Crippen molar-refractivity contribution in [2.24, 2.45) is 5.92 Å². The lowest BCUT2D eigenvalue weighted by molar-refractivity contribution is -0.122. The Morgan fingerprint density at radius 1 is 1.18 bits per heavy atom. The van der Waals surface area contributed by atoms with Crippen LogP contribution in [-0.2, 0) is 9.59 Å². The molecule has 1 aliphatic rings. The Bertz CT molecular complexity index is 871. The van der Waals surface area contributed by atoms with Gasteiger partial charge in [0.05, 0.1) is 13.0 Å². The van der Waals surface area contributed by atoms with Crippen LogP contribution in [0.4, 0.5) is 20.2 Å². The molecule has 1 heterocycles. The molecular formula is C20H20F2N2O4. The number of hydrogen-bond donors (Lipinski definition) is 1. The molecule has 1 saturated heterocycles. The van der Waals surface area contributed by atoms with Crippen LogP contribution >= 0.6 is 0 Å². The van der Waals surface area contributed by atoms with Crippen molar-refractivity contribution in [3.8, 4) is 11.5 Å². The lowest BCUT2D eigenvalue weighted by Crippen LogP contribution is -2.28. The highest BCUT2D eigenvalue weighted by Crippen LogP contribution is 2.32. The zero-order valence-corrected chi connectivity index (χ0v) is 15.4. The van der Waals surface area contributed by atoms with Gasteiger partial charge in [-0.05, 0) is 31.2 Å². The van der Waals surface area contributed by atoms with Gasteiger partial charge in [-0.3, -0.25) is 9.59 Å². The summed E-state index contributed by atoms with van der Waals surface area (Å²) in [6, 6.07) is 11.7. The molecule has 2 amide bonds. The number of anilines is 2. The first-order valence-electron chi connectivity index (χ1n) is 8.68. The van der Waals surface area contributed by atoms with Gasteiger partial charge in [0.2, 0.25) is 11.8 Å². The first-order valence-corrected chi connectivity index (χ1v) is 8.68. The molecule has 1 N–H and O–H groups in total. The van der Waals surface area contributed by atoms with E-state index in [1.54, 1.807) is 4.90 Å². The summed E-state index contributed by atoms with van der Waals surface area (Å²) in [5.41, 5.74) is 2.09. The summed E-state index contributed by atoms with van der Waals surface area (Å²) in [5, 5.41) is 2.65. The van der Waals surface area contributed by atoms with Crippen molar-refractivity contribution < 1.29 is 27.8 Å². The van der Waals surface area contributed by atoms with Crippen LogP contribution in [0.1, 0.15) is 12.0 Å². The predicted octanol–water partition coefficient (Wildman–Crippen LogP) is 3.60. The molecule has 6 nitrogen and oxygen atoms in total. The molecule has 0 aromatic heterocycles. The van der Waals surface area contributed by atoms with Crippen molar-refractivity contribution in [1.82, 2.24) is 0 Å². The quantitative estimate of drug-likeness (QED) is 0.819. The Morgan fingerprint density at radius 3 is 2.54 bits per heavy atom. The molecule has 2 aromatic rings. The minimum Gasteiger partial charge on any atom is -0.493 e. The van der Waals surface area contributed by atoms with E-state index in [1.807, 2.05) is 31.2 Å². The molecule has 1 unspecified atom stereocenters. The molecule has 1 atom stereocenters. The molecule has 1 fully saturated rings. The first-order chi connectivity index (χ1) is 13.4. The number of benzene rings is 2. The highest BCUT2D eigenvalue weighted by Gasteiger charge is 2.35. The van der Waals surface area contributed by atoms with E-state index in [0.29, 0.717) is 0 Å². The Hall–Kier alpha value is -3.16. The minimum absolute atomic E-state index is 0.0796. The van der Waals surface area contributed by atoms with Crippen LogP contribution in [0, 0.1) is 12.8 Å². The van der Waals surface area contributed by atoms with Crippen LogP contribution in [0.5, 0.6) is 11.5 Å². The van der Waals surface area contributed by atoms with E-state index in [2.05, 4.69) is 10.1 Å². The average molecular weight is 390 g/mol. The van der Waals surface area contributed by atoms with E-state index in [4.69, 9.17) is 4.74 Å². The van der Waals surface area contributed by atoms with E-state index in [0.717, 1.165) is 11.3 Å². The standard InChI is InChI=1S/C20H20F2N2O4/c1-12-3-6-15(7-4-12)24-11-13(9-18(24)25)19(26)23-14-5-8-16(27-2)17(10-14)28-20(21)22/h3-8,10,13,20H,9,11H2,1-2H3,(H,23,26). The number of nitrogens with one attached hydrogen (secondary N) is 1. The number of nitrogens with zero attached hydrogens (tertiary/aromatic N) is 1. The second kappa shape index (κ2) is 8.24. The van der Waals surface area contributed by atoms with Crippen molar-refractivity contribution in [2.75, 3.05) is 23.9 Å². The number of aryl methyl sites for hydroxylation is 1. The van der Waals surface area contributed by atoms with Gasteiger partial charge in [0, 0.05) is 30.4 Å². The Morgan fingerprint density at radius 2 is 1.89 bits per heavy atom. The number of halogens is 2. The molecule has 3 rings (SSSR count). The number of hydrogen-bond acceptors (Lipinski definition) is 4. The summed E-state index contributed by atoms with van der Waals surface area (Å²) >= 11 is 0. The van der Waals surface area contributed by atoms with Gasteiger partial charge in [0.15, 0.2) is 11.5 Å². The molecule has 0 radical (unpaired) electrons. The van der Waals surface area contributed by atoms with Gasteiger partial charge < -0.3 is 19.7 Å². The first kappa shape index (κ1) is 19.6. The molecule has 0 spiro atoms. The highest BCUT2D eigenvalue weighted by molar-refractivity contribution is 6.03. The lowest BCUT2D eigenvalue weighted by atomic mass is 10.1. The normalized spacial score (nSPS) is 16.4. The van der Waals surface area contributed by atoms with Gasteiger partial charge in [-0.2, -0.15) is 8.78 Å². The topological polar surface area (TPSA) is 67.9 Å². The van der Waals surface area contributed by atoms with Gasteiger partial charge >= 0.3 is 6.61 Å². The van der Waals surface area contributed by atoms with Crippen molar-refractivity contribution in [3.05, 3.63) is 48.0 Å². The maximum atomic E-state index is 12.6. The Balaban J connectivity index is 1.70. The summed E-state index contributed by atoms with van der Waals surface area (Å²) in [6.45, 7) is -0.813. The van der Waals surface area contributed by atoms with E-state index < -0.39 is 12.5 Å². The largest absolute Gasteiger partial charge is 0.493 e. The Labute approximate surface area is 161 Å². The molecule has 8 heteroatoms. The highest BCUT2D eigenvalue weighted by atomic mass is 19.3.